The highest BCUT2D eigenvalue weighted by atomic mass is 19.1. The average Bonchev–Trinajstić information content (AvgIpc) is 3.39. The van der Waals surface area contributed by atoms with E-state index in [1.54, 1.807) is 21.7 Å². The fourth-order valence-corrected chi connectivity index (χ4v) is 4.46. The molecule has 2 saturated heterocycles. The van der Waals surface area contributed by atoms with Crippen molar-refractivity contribution in [1.82, 2.24) is 34.5 Å². The van der Waals surface area contributed by atoms with Gasteiger partial charge in [0.25, 0.3) is 6.01 Å². The van der Waals surface area contributed by atoms with Crippen LogP contribution in [0.2, 0.25) is 0 Å². The molecule has 2 aliphatic rings. The van der Waals surface area contributed by atoms with E-state index in [1.807, 2.05) is 23.9 Å². The normalized spacial score (nSPS) is 15.7. The van der Waals surface area contributed by atoms with E-state index in [2.05, 4.69) is 31.9 Å². The number of nitrogens with zero attached hydrogens (tertiary/aromatic N) is 8. The maximum Gasteiger partial charge on any atom is 0.298 e. The maximum absolute atomic E-state index is 15.3. The zero-order chi connectivity index (χ0) is 27.3. The largest absolute Gasteiger partial charge is 0.423 e. The first-order valence-electron chi connectivity index (χ1n) is 12.4. The molecule has 0 aliphatic carbocycles. The average molecular weight is 534 g/mol. The molecule has 2 aliphatic heterocycles. The van der Waals surface area contributed by atoms with E-state index >= 15 is 4.39 Å². The van der Waals surface area contributed by atoms with E-state index in [0.29, 0.717) is 30.7 Å². The number of nitrogen functional groups attached to an aromatic ring is 1. The summed E-state index contributed by atoms with van der Waals surface area (Å²) in [6.45, 7) is 3.01. The Morgan fingerprint density at radius 3 is 2.77 bits per heavy atom. The van der Waals surface area contributed by atoms with Crippen LogP contribution in [-0.4, -0.2) is 87.3 Å². The predicted octanol–water partition coefficient (Wildman–Crippen LogP) is 1.94. The van der Waals surface area contributed by atoms with Gasteiger partial charge in [0.1, 0.15) is 29.2 Å². The summed E-state index contributed by atoms with van der Waals surface area (Å²) in [4.78, 5) is 30.5. The number of amides is 1. The third-order valence-electron chi connectivity index (χ3n) is 6.77. The molecular weight excluding hydrogens is 508 g/mol. The Labute approximate surface area is 221 Å². The van der Waals surface area contributed by atoms with Crippen molar-refractivity contribution in [3.63, 3.8) is 0 Å². The quantitative estimate of drug-likeness (QED) is 0.303. The van der Waals surface area contributed by atoms with Crippen LogP contribution < -0.4 is 10.6 Å². The molecule has 1 aromatic carbocycles. The zero-order valence-corrected chi connectivity index (χ0v) is 21.4. The molecule has 39 heavy (non-hydrogen) atoms. The number of anilines is 2. The molecule has 0 atom stereocenters. The Morgan fingerprint density at radius 2 is 2.05 bits per heavy atom. The second-order valence-electron chi connectivity index (χ2n) is 9.79. The summed E-state index contributed by atoms with van der Waals surface area (Å²) in [5.74, 6) is 3.58. The van der Waals surface area contributed by atoms with Crippen LogP contribution >= 0.6 is 0 Å². The first kappa shape index (κ1) is 24.7. The van der Waals surface area contributed by atoms with Gasteiger partial charge < -0.3 is 24.9 Å². The number of likely N-dealkylation sites (N-methyl/N-ethyl adjacent to an activating group) is 1. The number of fused-ring (bicyclic) bond motifs is 2. The van der Waals surface area contributed by atoms with Crippen molar-refractivity contribution in [3.8, 4) is 11.8 Å². The minimum Gasteiger partial charge on any atom is -0.423 e. The van der Waals surface area contributed by atoms with Crippen LogP contribution in [0.1, 0.15) is 23.7 Å². The van der Waals surface area contributed by atoms with E-state index in [4.69, 9.17) is 10.2 Å². The van der Waals surface area contributed by atoms with Gasteiger partial charge in [0.15, 0.2) is 17.0 Å². The summed E-state index contributed by atoms with van der Waals surface area (Å²) in [6.07, 6.45) is 5.66. The molecule has 200 valence electrons. The number of nitrogens with two attached hydrogens (primary N) is 1. The van der Waals surface area contributed by atoms with Crippen LogP contribution in [0, 0.1) is 23.5 Å². The predicted molar refractivity (Wildman–Crippen MR) is 140 cm³/mol. The van der Waals surface area contributed by atoms with Gasteiger partial charge >= 0.3 is 0 Å². The lowest BCUT2D eigenvalue weighted by molar-refractivity contribution is -0.131. The van der Waals surface area contributed by atoms with Gasteiger partial charge in [-0.05, 0) is 26.4 Å². The number of carbonyl (C=O) groups excluding carboxylic acids is 1. The van der Waals surface area contributed by atoms with E-state index in [-0.39, 0.29) is 40.6 Å². The van der Waals surface area contributed by atoms with Crippen LogP contribution in [0.4, 0.5) is 20.6 Å². The van der Waals surface area contributed by atoms with Crippen molar-refractivity contribution in [2.75, 3.05) is 57.5 Å². The molecule has 11 nitrogen and oxygen atoms in total. The van der Waals surface area contributed by atoms with Crippen molar-refractivity contribution >= 4 is 39.9 Å². The fraction of sp³-hybridized carbons (Fsp3) is 0.346. The van der Waals surface area contributed by atoms with Gasteiger partial charge in [-0.3, -0.25) is 4.79 Å². The molecule has 0 radical (unpaired) electrons. The fourth-order valence-electron chi connectivity index (χ4n) is 4.46. The molecular formula is C26H25F2N9O2. The van der Waals surface area contributed by atoms with Crippen molar-refractivity contribution in [2.24, 2.45) is 0 Å². The monoisotopic (exact) mass is 533 g/mol. The molecule has 0 spiro atoms. The lowest BCUT2D eigenvalue weighted by atomic mass is 10.1. The molecule has 4 aromatic rings. The van der Waals surface area contributed by atoms with Gasteiger partial charge in [-0.25, -0.2) is 23.4 Å². The van der Waals surface area contributed by atoms with Gasteiger partial charge in [-0.1, -0.05) is 12.0 Å². The highest BCUT2D eigenvalue weighted by molar-refractivity contribution is 5.91. The summed E-state index contributed by atoms with van der Waals surface area (Å²) in [6, 6.07) is 1.18. The standard InChI is InChI=1S/C26H25F2N9O2/c1-34(2)8-3-5-20(38)36-12-15(13-36)37-25-21(24(29)30-14-31-25)18(33-37)7-6-16-17(27)11-19-23(22(16)28)32-26(39-19)35-9-4-10-35/h3,5,11,14-15H,4,8-10,12-13H2,1-2H3,(H2,29,30,31)/b5-3+. The molecule has 6 rings (SSSR count). The number of halogens is 2. The first-order chi connectivity index (χ1) is 18.8. The molecule has 3 aromatic heterocycles. The summed E-state index contributed by atoms with van der Waals surface area (Å²) in [5, 5.41) is 4.92. The van der Waals surface area contributed by atoms with Crippen LogP contribution in [0.5, 0.6) is 0 Å². The topological polar surface area (TPSA) is 122 Å². The highest BCUT2D eigenvalue weighted by Gasteiger charge is 2.33. The minimum atomic E-state index is -0.906. The first-order valence-corrected chi connectivity index (χ1v) is 12.4. The van der Waals surface area contributed by atoms with Gasteiger partial charge in [0.2, 0.25) is 5.91 Å². The summed E-state index contributed by atoms with van der Waals surface area (Å²) in [5.41, 5.74) is 6.21. The van der Waals surface area contributed by atoms with Crippen molar-refractivity contribution in [3.05, 3.63) is 47.4 Å². The lowest BCUT2D eigenvalue weighted by Crippen LogP contribution is -2.50. The molecule has 0 saturated carbocycles. The second-order valence-corrected chi connectivity index (χ2v) is 9.79. The van der Waals surface area contributed by atoms with Crippen LogP contribution in [0.15, 0.2) is 29.0 Å². The Hall–Kier alpha value is -4.57. The van der Waals surface area contributed by atoms with Crippen LogP contribution in [-0.2, 0) is 4.79 Å². The number of hydrogen-bond donors (Lipinski definition) is 1. The van der Waals surface area contributed by atoms with Crippen molar-refractivity contribution < 1.29 is 18.0 Å². The van der Waals surface area contributed by atoms with E-state index in [9.17, 15) is 9.18 Å². The number of likely N-dealkylation sites (tertiary alicyclic amines) is 1. The molecule has 13 heteroatoms. The summed E-state index contributed by atoms with van der Waals surface area (Å²) >= 11 is 0. The van der Waals surface area contributed by atoms with E-state index in [1.165, 1.54) is 6.33 Å². The van der Waals surface area contributed by atoms with E-state index < -0.39 is 17.2 Å². The smallest absolute Gasteiger partial charge is 0.298 e. The van der Waals surface area contributed by atoms with Gasteiger partial charge in [0.05, 0.1) is 17.0 Å². The zero-order valence-electron chi connectivity index (χ0n) is 21.4. The van der Waals surface area contributed by atoms with E-state index in [0.717, 1.165) is 25.6 Å². The van der Waals surface area contributed by atoms with Gasteiger partial charge in [0, 0.05) is 44.9 Å². The third-order valence-corrected chi connectivity index (χ3v) is 6.77. The van der Waals surface area contributed by atoms with Crippen molar-refractivity contribution in [1.29, 1.82) is 0 Å². The third kappa shape index (κ3) is 4.42. The molecule has 0 bridgehead atoms. The number of hydrogen-bond acceptors (Lipinski definition) is 9. The molecule has 1 amide bonds. The second kappa shape index (κ2) is 9.63. The molecule has 0 unspecified atom stereocenters. The molecule has 5 heterocycles. The van der Waals surface area contributed by atoms with Crippen LogP contribution in [0.25, 0.3) is 22.1 Å². The minimum absolute atomic E-state index is 0.0190. The van der Waals surface area contributed by atoms with Crippen LogP contribution in [0.3, 0.4) is 0 Å². The number of carbonyl (C=O) groups is 1. The Bertz CT molecular complexity index is 1690. The highest BCUT2D eigenvalue weighted by Crippen LogP contribution is 2.31. The van der Waals surface area contributed by atoms with Gasteiger partial charge in [-0.2, -0.15) is 10.1 Å². The Morgan fingerprint density at radius 1 is 1.26 bits per heavy atom. The SMILES string of the molecule is CN(C)C/C=C/C(=O)N1CC(n2nc(C#Cc3c(F)cc4oc(N5CCC5)nc4c3F)c3c(N)ncnc32)C1. The lowest BCUT2D eigenvalue weighted by Gasteiger charge is -2.38. The number of aromatic nitrogens is 5. The molecule has 2 fully saturated rings. The summed E-state index contributed by atoms with van der Waals surface area (Å²) < 4.78 is 37.3. The number of benzene rings is 1. The van der Waals surface area contributed by atoms with Crippen molar-refractivity contribution in [2.45, 2.75) is 12.5 Å². The maximum atomic E-state index is 15.3. The van der Waals surface area contributed by atoms with Gasteiger partial charge in [-0.15, -0.1) is 0 Å². The summed E-state index contributed by atoms with van der Waals surface area (Å²) in [7, 11) is 3.84. The Balaban J connectivity index is 1.30. The number of rotatable bonds is 5. The Kier molecular flexibility index (Phi) is 6.11. The molecule has 2 N–H and O–H groups in total. The number of oxazole rings is 1.